The molecule has 92 valence electrons. The Labute approximate surface area is 107 Å². The summed E-state index contributed by atoms with van der Waals surface area (Å²) >= 11 is 3.39. The molecule has 0 saturated carbocycles. The molecule has 0 heterocycles. The molecule has 0 saturated heterocycles. The first-order valence-electron chi connectivity index (χ1n) is 5.39. The molecule has 2 unspecified atom stereocenters. The van der Waals surface area contributed by atoms with Gasteiger partial charge in [0.2, 0.25) is 0 Å². The van der Waals surface area contributed by atoms with E-state index in [1.54, 1.807) is 7.11 Å². The van der Waals surface area contributed by atoms with Crippen LogP contribution in [0.25, 0.3) is 0 Å². The molecule has 2 N–H and O–H groups in total. The lowest BCUT2D eigenvalue weighted by atomic mass is 9.94. The lowest BCUT2D eigenvalue weighted by Crippen LogP contribution is -2.14. The summed E-state index contributed by atoms with van der Waals surface area (Å²) in [5.41, 5.74) is 7.96. The van der Waals surface area contributed by atoms with Crippen molar-refractivity contribution in [3.05, 3.63) is 34.0 Å². The van der Waals surface area contributed by atoms with Crippen LogP contribution in [-0.4, -0.2) is 13.2 Å². The van der Waals surface area contributed by atoms with Gasteiger partial charge < -0.3 is 10.5 Å². The number of hydrogen-bond donors (Lipinski definition) is 1. The van der Waals surface area contributed by atoms with Crippen LogP contribution in [0, 0.1) is 5.92 Å². The minimum Gasteiger partial charge on any atom is -0.404 e. The third-order valence-corrected chi connectivity index (χ3v) is 2.89. The maximum absolute atomic E-state index is 5.45. The van der Waals surface area contributed by atoms with Crippen molar-refractivity contribution in [3.8, 4) is 0 Å². The van der Waals surface area contributed by atoms with Gasteiger partial charge in [-0.15, -0.1) is 0 Å². The van der Waals surface area contributed by atoms with Crippen LogP contribution in [0.1, 0.15) is 27.7 Å². The van der Waals surface area contributed by atoms with Crippen LogP contribution in [-0.2, 0) is 4.74 Å². The molecule has 0 aromatic heterocycles. The summed E-state index contributed by atoms with van der Waals surface area (Å²) < 4.78 is 6.25. The lowest BCUT2D eigenvalue weighted by molar-refractivity contribution is 0.141. The second-order valence-corrected chi connectivity index (χ2v) is 5.02. The van der Waals surface area contributed by atoms with Gasteiger partial charge in [0.25, 0.3) is 0 Å². The number of hydrogen-bond acceptors (Lipinski definition) is 2. The third kappa shape index (κ3) is 5.52. The Morgan fingerprint density at radius 1 is 1.31 bits per heavy atom. The SMILES string of the molecule is COC(C)/C(=C\C(Br)=C/N)C(C)C=C(C)C. The molecule has 3 heteroatoms. The van der Waals surface area contributed by atoms with Crippen molar-refractivity contribution in [2.45, 2.75) is 33.8 Å². The Morgan fingerprint density at radius 2 is 1.88 bits per heavy atom. The molecule has 2 nitrogen and oxygen atoms in total. The molecule has 0 rings (SSSR count). The molecule has 0 bridgehead atoms. The molecule has 0 aromatic carbocycles. The van der Waals surface area contributed by atoms with Gasteiger partial charge in [0, 0.05) is 17.8 Å². The van der Waals surface area contributed by atoms with Gasteiger partial charge in [-0.25, -0.2) is 0 Å². The summed E-state index contributed by atoms with van der Waals surface area (Å²) in [7, 11) is 1.72. The molecule has 0 radical (unpaired) electrons. The molecule has 0 aliphatic heterocycles. The first kappa shape index (κ1) is 15.5. The van der Waals surface area contributed by atoms with Gasteiger partial charge in [-0.3, -0.25) is 0 Å². The Bertz CT molecular complexity index is 301. The van der Waals surface area contributed by atoms with Crippen molar-refractivity contribution in [1.29, 1.82) is 0 Å². The molecule has 16 heavy (non-hydrogen) atoms. The monoisotopic (exact) mass is 287 g/mol. The number of rotatable bonds is 5. The smallest absolute Gasteiger partial charge is 0.0762 e. The van der Waals surface area contributed by atoms with Gasteiger partial charge in [-0.05, 0) is 54.3 Å². The zero-order valence-corrected chi connectivity index (χ0v) is 12.3. The van der Waals surface area contributed by atoms with E-state index in [0.29, 0.717) is 5.92 Å². The van der Waals surface area contributed by atoms with Gasteiger partial charge in [0.15, 0.2) is 0 Å². The van der Waals surface area contributed by atoms with E-state index < -0.39 is 0 Å². The minimum absolute atomic E-state index is 0.0816. The summed E-state index contributed by atoms with van der Waals surface area (Å²) in [6.45, 7) is 8.39. The van der Waals surface area contributed by atoms with Crippen LogP contribution in [0.3, 0.4) is 0 Å². The molecule has 0 fully saturated rings. The standard InChI is InChI=1S/C13H22BrNO/c1-9(2)6-10(3)13(11(4)16-5)7-12(14)8-15/h6-8,10-11H,15H2,1-5H3/b12-8+,13-7-. The largest absolute Gasteiger partial charge is 0.404 e. The first-order chi connectivity index (χ1) is 7.42. The summed E-state index contributed by atoms with van der Waals surface area (Å²) in [4.78, 5) is 0. The highest BCUT2D eigenvalue weighted by Gasteiger charge is 2.13. The van der Waals surface area contributed by atoms with Gasteiger partial charge in [0.1, 0.15) is 0 Å². The van der Waals surface area contributed by atoms with Crippen molar-refractivity contribution in [1.82, 2.24) is 0 Å². The topological polar surface area (TPSA) is 35.2 Å². The van der Waals surface area contributed by atoms with E-state index in [1.165, 1.54) is 17.3 Å². The molecule has 0 aromatic rings. The van der Waals surface area contributed by atoms with Crippen LogP contribution in [0.4, 0.5) is 0 Å². The van der Waals surface area contributed by atoms with Gasteiger partial charge in [-0.1, -0.05) is 18.6 Å². The lowest BCUT2D eigenvalue weighted by Gasteiger charge is -2.19. The van der Waals surface area contributed by atoms with Crippen LogP contribution in [0.15, 0.2) is 34.0 Å². The first-order valence-corrected chi connectivity index (χ1v) is 6.18. The predicted molar refractivity (Wildman–Crippen MR) is 74.3 cm³/mol. The molecule has 2 atom stereocenters. The maximum Gasteiger partial charge on any atom is 0.0762 e. The Balaban J connectivity index is 5.10. The highest BCUT2D eigenvalue weighted by atomic mass is 79.9. The average Bonchev–Trinajstić information content (AvgIpc) is 2.23. The van der Waals surface area contributed by atoms with Crippen molar-refractivity contribution >= 4 is 15.9 Å². The highest BCUT2D eigenvalue weighted by Crippen LogP contribution is 2.23. The second kappa shape index (κ2) is 7.69. The summed E-state index contributed by atoms with van der Waals surface area (Å²) in [6, 6.07) is 0. The molecular weight excluding hydrogens is 266 g/mol. The molecule has 0 aliphatic carbocycles. The molecule has 0 amide bonds. The van der Waals surface area contributed by atoms with E-state index in [2.05, 4.69) is 42.8 Å². The van der Waals surface area contributed by atoms with Crippen molar-refractivity contribution in [2.75, 3.05) is 7.11 Å². The number of methoxy groups -OCH3 is 1. The Morgan fingerprint density at radius 3 is 2.25 bits per heavy atom. The zero-order chi connectivity index (χ0) is 12.7. The number of ether oxygens (including phenoxy) is 1. The van der Waals surface area contributed by atoms with Crippen LogP contribution in [0.5, 0.6) is 0 Å². The van der Waals surface area contributed by atoms with Gasteiger partial charge in [-0.2, -0.15) is 0 Å². The van der Waals surface area contributed by atoms with Crippen LogP contribution >= 0.6 is 15.9 Å². The number of halogens is 1. The van der Waals surface area contributed by atoms with Crippen LogP contribution in [0.2, 0.25) is 0 Å². The number of allylic oxidation sites excluding steroid dienone is 4. The fourth-order valence-electron chi connectivity index (χ4n) is 1.56. The summed E-state index contributed by atoms with van der Waals surface area (Å²) in [6.07, 6.45) is 5.87. The van der Waals surface area contributed by atoms with Crippen molar-refractivity contribution in [2.24, 2.45) is 11.7 Å². The normalized spacial score (nSPS) is 16.9. The molecular formula is C13H22BrNO. The van der Waals surface area contributed by atoms with E-state index in [-0.39, 0.29) is 6.10 Å². The Kier molecular flexibility index (Phi) is 7.43. The average molecular weight is 288 g/mol. The van der Waals surface area contributed by atoms with Crippen molar-refractivity contribution in [3.63, 3.8) is 0 Å². The van der Waals surface area contributed by atoms with Crippen LogP contribution < -0.4 is 5.73 Å². The van der Waals surface area contributed by atoms with E-state index in [9.17, 15) is 0 Å². The minimum atomic E-state index is 0.0816. The molecule has 0 aliphatic rings. The maximum atomic E-state index is 5.45. The fourth-order valence-corrected chi connectivity index (χ4v) is 1.82. The summed E-state index contributed by atoms with van der Waals surface area (Å²) in [5.74, 6) is 0.340. The third-order valence-electron chi connectivity index (χ3n) is 2.40. The van der Waals surface area contributed by atoms with E-state index in [1.807, 2.05) is 13.0 Å². The number of nitrogens with two attached hydrogens (primary N) is 1. The van der Waals surface area contributed by atoms with E-state index >= 15 is 0 Å². The van der Waals surface area contributed by atoms with Gasteiger partial charge in [0.05, 0.1) is 6.10 Å². The quantitative estimate of drug-likeness (QED) is 0.617. The van der Waals surface area contributed by atoms with E-state index in [4.69, 9.17) is 10.5 Å². The van der Waals surface area contributed by atoms with E-state index in [0.717, 1.165) is 4.48 Å². The van der Waals surface area contributed by atoms with Gasteiger partial charge >= 0.3 is 0 Å². The predicted octanol–water partition coefficient (Wildman–Crippen LogP) is 3.75. The summed E-state index contributed by atoms with van der Waals surface area (Å²) in [5, 5.41) is 0. The zero-order valence-electron chi connectivity index (χ0n) is 10.8. The molecule has 0 spiro atoms. The van der Waals surface area contributed by atoms with Crippen molar-refractivity contribution < 1.29 is 4.74 Å². The second-order valence-electron chi connectivity index (χ2n) is 4.11. The Hall–Kier alpha value is -0.540. The highest BCUT2D eigenvalue weighted by molar-refractivity contribution is 9.11. The fraction of sp³-hybridized carbons (Fsp3) is 0.538.